The Balaban J connectivity index is 0.781. The standard InChI is InChI=1S/C94H76N2/c1-61-21-19-29-79(71-37-33-67(34-38-71)65-23-11-9-12-24-65)91(61)95(77-49-41-69(42-50-77)75-45-53-83-81-27-15-17-31-85(81)93(5,6)87(83)59-75)89-55-47-73(57-63(89)3)74-48-56-90(64(4)58-74)96(92-62(2)22-20-30-80(92)72-39-35-68(36-40-72)66-25-13-10-14-26-66)78-51-43-70(44-52-78)76-46-54-84-82-28-16-18-32-86(82)94(7,8)88(84)60-76/h9-60H,1-8H3. The van der Waals surface area contributed by atoms with Gasteiger partial charge in [-0.2, -0.15) is 0 Å². The fraction of sp³-hybridized carbons (Fsp3) is 0.106. The van der Waals surface area contributed by atoms with Crippen molar-refractivity contribution in [1.82, 2.24) is 0 Å². The average molecular weight is 1230 g/mol. The van der Waals surface area contributed by atoms with Crippen LogP contribution in [0, 0.1) is 27.7 Å². The predicted molar refractivity (Wildman–Crippen MR) is 408 cm³/mol. The van der Waals surface area contributed by atoms with Crippen molar-refractivity contribution in [2.45, 2.75) is 66.2 Å². The molecular weight excluding hydrogens is 1160 g/mol. The molecule has 0 amide bonds. The van der Waals surface area contributed by atoms with Crippen LogP contribution in [0.4, 0.5) is 34.1 Å². The van der Waals surface area contributed by atoms with Gasteiger partial charge in [0.1, 0.15) is 0 Å². The van der Waals surface area contributed by atoms with Crippen LogP contribution in [0.2, 0.25) is 0 Å². The molecule has 2 aliphatic carbocycles. The SMILES string of the molecule is Cc1cc(-c2ccc(N(c3ccc(-c4ccc5c(c4)C(C)(C)c4ccccc4-5)cc3)c3c(C)cccc3-c3ccc(-c4ccccc4)cc3)c(C)c2)ccc1N(c1ccc(-c2ccc3c(c2)C(C)(C)c2ccccc2-3)cc1)c1c(C)cccc1-c1ccc(-c2ccccc2)cc1. The van der Waals surface area contributed by atoms with Gasteiger partial charge >= 0.3 is 0 Å². The number of rotatable bonds is 13. The largest absolute Gasteiger partial charge is 0.309 e. The zero-order chi connectivity index (χ0) is 65.4. The fourth-order valence-corrected chi connectivity index (χ4v) is 15.6. The second-order valence-electron chi connectivity index (χ2n) is 27.5. The number of aryl methyl sites for hydroxylation is 4. The minimum absolute atomic E-state index is 0.0868. The van der Waals surface area contributed by atoms with Crippen molar-refractivity contribution in [2.24, 2.45) is 0 Å². The highest BCUT2D eigenvalue weighted by atomic mass is 15.2. The van der Waals surface area contributed by atoms with Gasteiger partial charge in [0.05, 0.1) is 11.4 Å². The van der Waals surface area contributed by atoms with Gasteiger partial charge in [0.15, 0.2) is 0 Å². The molecule has 0 saturated carbocycles. The van der Waals surface area contributed by atoms with Gasteiger partial charge in [-0.3, -0.25) is 0 Å². The average Bonchev–Trinajstić information content (AvgIpc) is 1.50. The van der Waals surface area contributed by atoms with Crippen LogP contribution in [0.1, 0.15) is 72.2 Å². The van der Waals surface area contributed by atoms with E-state index >= 15 is 0 Å². The van der Waals surface area contributed by atoms with Crippen molar-refractivity contribution in [2.75, 3.05) is 9.80 Å². The smallest absolute Gasteiger partial charge is 0.0569 e. The normalized spacial score (nSPS) is 13.0. The summed E-state index contributed by atoms with van der Waals surface area (Å²) in [5.41, 5.74) is 38.8. The minimum atomic E-state index is -0.0868. The number of nitrogens with zero attached hydrogens (tertiary/aromatic N) is 2. The lowest BCUT2D eigenvalue weighted by Crippen LogP contribution is -2.15. The molecule has 0 atom stereocenters. The summed E-state index contributed by atoms with van der Waals surface area (Å²) < 4.78 is 0. The molecule has 0 bridgehead atoms. The summed E-state index contributed by atoms with van der Waals surface area (Å²) in [7, 11) is 0. The molecule has 0 aliphatic heterocycles. The van der Waals surface area contributed by atoms with Gasteiger partial charge < -0.3 is 9.80 Å². The maximum absolute atomic E-state index is 2.50. The van der Waals surface area contributed by atoms with Crippen molar-refractivity contribution in [3.05, 3.63) is 360 Å². The summed E-state index contributed by atoms with van der Waals surface area (Å²) >= 11 is 0. The van der Waals surface area contributed by atoms with E-state index in [1.54, 1.807) is 0 Å². The third kappa shape index (κ3) is 10.4. The molecule has 14 aromatic rings. The Morgan fingerprint density at radius 2 is 0.479 bits per heavy atom. The summed E-state index contributed by atoms with van der Waals surface area (Å²) in [4.78, 5) is 5.00. The van der Waals surface area contributed by atoms with E-state index < -0.39 is 0 Å². The molecule has 0 spiro atoms. The van der Waals surface area contributed by atoms with E-state index in [2.05, 4.69) is 381 Å². The predicted octanol–water partition coefficient (Wildman–Crippen LogP) is 26.1. The molecule has 16 rings (SSSR count). The van der Waals surface area contributed by atoms with Gasteiger partial charge in [-0.1, -0.05) is 282 Å². The van der Waals surface area contributed by atoms with Crippen LogP contribution in [0.3, 0.4) is 0 Å². The lowest BCUT2D eigenvalue weighted by molar-refractivity contribution is 0.660. The van der Waals surface area contributed by atoms with Crippen molar-refractivity contribution < 1.29 is 0 Å². The van der Waals surface area contributed by atoms with Crippen molar-refractivity contribution in [3.63, 3.8) is 0 Å². The maximum Gasteiger partial charge on any atom is 0.0569 e. The van der Waals surface area contributed by atoms with Gasteiger partial charge in [0, 0.05) is 44.7 Å². The van der Waals surface area contributed by atoms with Gasteiger partial charge in [-0.05, 0) is 222 Å². The van der Waals surface area contributed by atoms with Crippen LogP contribution in [0.5, 0.6) is 0 Å². The lowest BCUT2D eigenvalue weighted by atomic mass is 9.81. The highest BCUT2D eigenvalue weighted by Crippen LogP contribution is 2.53. The summed E-state index contributed by atoms with van der Waals surface area (Å²) in [6.07, 6.45) is 0. The van der Waals surface area contributed by atoms with Crippen molar-refractivity contribution >= 4 is 34.1 Å². The first-order chi connectivity index (χ1) is 46.8. The second kappa shape index (κ2) is 23.9. The van der Waals surface area contributed by atoms with Gasteiger partial charge in [-0.25, -0.2) is 0 Å². The zero-order valence-corrected chi connectivity index (χ0v) is 55.9. The Morgan fingerprint density at radius 1 is 0.198 bits per heavy atom. The molecule has 0 radical (unpaired) electrons. The molecule has 0 N–H and O–H groups in total. The van der Waals surface area contributed by atoms with E-state index in [9.17, 15) is 0 Å². The molecule has 0 saturated heterocycles. The minimum Gasteiger partial charge on any atom is -0.309 e. The Bertz CT molecular complexity index is 4950. The topological polar surface area (TPSA) is 6.48 Å². The Labute approximate surface area is 566 Å². The number of benzene rings is 14. The monoisotopic (exact) mass is 1230 g/mol. The number of fused-ring (bicyclic) bond motifs is 6. The molecule has 14 aromatic carbocycles. The highest BCUT2D eigenvalue weighted by Gasteiger charge is 2.37. The molecule has 0 heterocycles. The van der Waals surface area contributed by atoms with Crippen LogP contribution in [0.15, 0.2) is 315 Å². The van der Waals surface area contributed by atoms with E-state index in [0.717, 1.165) is 45.3 Å². The first-order valence-electron chi connectivity index (χ1n) is 33.8. The van der Waals surface area contributed by atoms with E-state index in [1.165, 1.54) is 134 Å². The number of hydrogen-bond donors (Lipinski definition) is 0. The van der Waals surface area contributed by atoms with Crippen LogP contribution in [-0.2, 0) is 10.8 Å². The van der Waals surface area contributed by atoms with Crippen LogP contribution in [0.25, 0.3) is 100 Å². The number of para-hydroxylation sites is 2. The summed E-state index contributed by atoms with van der Waals surface area (Å²) in [5.74, 6) is 0. The van der Waals surface area contributed by atoms with Gasteiger partial charge in [0.2, 0.25) is 0 Å². The maximum atomic E-state index is 2.50. The van der Waals surface area contributed by atoms with Crippen LogP contribution >= 0.6 is 0 Å². The molecular formula is C94H76N2. The number of hydrogen-bond acceptors (Lipinski definition) is 2. The fourth-order valence-electron chi connectivity index (χ4n) is 15.6. The van der Waals surface area contributed by atoms with Crippen molar-refractivity contribution in [1.29, 1.82) is 0 Å². The molecule has 0 unspecified atom stereocenters. The third-order valence-corrected chi connectivity index (χ3v) is 20.8. The van der Waals surface area contributed by atoms with E-state index in [0.29, 0.717) is 0 Å². The number of anilines is 6. The van der Waals surface area contributed by atoms with Gasteiger partial charge in [-0.15, -0.1) is 0 Å². The molecule has 2 nitrogen and oxygen atoms in total. The van der Waals surface area contributed by atoms with Crippen molar-refractivity contribution in [3.8, 4) is 100 Å². The molecule has 96 heavy (non-hydrogen) atoms. The van der Waals surface area contributed by atoms with E-state index in [1.807, 2.05) is 0 Å². The van der Waals surface area contributed by atoms with Gasteiger partial charge in [0.25, 0.3) is 0 Å². The lowest BCUT2D eigenvalue weighted by Gasteiger charge is -2.32. The molecule has 2 heteroatoms. The zero-order valence-electron chi connectivity index (χ0n) is 55.9. The molecule has 0 fully saturated rings. The molecule has 0 aromatic heterocycles. The first-order valence-corrected chi connectivity index (χ1v) is 33.8. The van der Waals surface area contributed by atoms with Crippen LogP contribution < -0.4 is 9.80 Å². The Morgan fingerprint density at radius 3 is 0.865 bits per heavy atom. The van der Waals surface area contributed by atoms with E-state index in [-0.39, 0.29) is 10.8 Å². The second-order valence-corrected chi connectivity index (χ2v) is 27.5. The molecule has 462 valence electrons. The summed E-state index contributed by atoms with van der Waals surface area (Å²) in [6.45, 7) is 18.5. The summed E-state index contributed by atoms with van der Waals surface area (Å²) in [5, 5.41) is 0. The molecule has 2 aliphatic rings. The summed E-state index contributed by atoms with van der Waals surface area (Å²) in [6, 6.07) is 117. The third-order valence-electron chi connectivity index (χ3n) is 20.8. The quantitative estimate of drug-likeness (QED) is 0.114. The Hall–Kier alpha value is -11.3. The van der Waals surface area contributed by atoms with E-state index in [4.69, 9.17) is 0 Å². The van der Waals surface area contributed by atoms with Crippen LogP contribution in [-0.4, -0.2) is 0 Å². The highest BCUT2D eigenvalue weighted by molar-refractivity contribution is 5.95. The first kappa shape index (κ1) is 59.7. The Kier molecular flexibility index (Phi) is 14.9.